The molecular weight excluding hydrogens is 813 g/mol. The van der Waals surface area contributed by atoms with Gasteiger partial charge in [-0.15, -0.1) is 0 Å². The molecule has 4 aromatic carbocycles. The highest BCUT2D eigenvalue weighted by molar-refractivity contribution is 5.96. The predicted molar refractivity (Wildman–Crippen MR) is 238 cm³/mol. The second-order valence-electron chi connectivity index (χ2n) is 17.9. The second-order valence-corrected chi connectivity index (χ2v) is 17.9. The minimum Gasteiger partial charge on any atom is -0.460 e. The molecule has 0 bridgehead atoms. The van der Waals surface area contributed by atoms with Gasteiger partial charge in [-0.2, -0.15) is 0 Å². The van der Waals surface area contributed by atoms with E-state index in [-0.39, 0.29) is 32.4 Å². The van der Waals surface area contributed by atoms with E-state index in [9.17, 15) is 24.3 Å². The van der Waals surface area contributed by atoms with Crippen LogP contribution in [0.4, 0.5) is 0 Å². The lowest BCUT2D eigenvalue weighted by molar-refractivity contribution is -0.157. The van der Waals surface area contributed by atoms with Gasteiger partial charge in [0.15, 0.2) is 0 Å². The van der Waals surface area contributed by atoms with Crippen LogP contribution >= 0.6 is 0 Å². The number of hydrogen-bond donors (Lipinski definition) is 3. The van der Waals surface area contributed by atoms with E-state index < -0.39 is 59.5 Å². The average molecular weight is 869 g/mol. The molecule has 1 saturated carbocycles. The maximum absolute atomic E-state index is 14.3. The van der Waals surface area contributed by atoms with Crippen molar-refractivity contribution in [2.24, 2.45) is 5.92 Å². The summed E-state index contributed by atoms with van der Waals surface area (Å²) in [6.07, 6.45) is 7.55. The summed E-state index contributed by atoms with van der Waals surface area (Å²) in [5.41, 5.74) is 3.33. The van der Waals surface area contributed by atoms with Crippen molar-refractivity contribution in [3.63, 3.8) is 0 Å². The Kier molecular flexibility index (Phi) is 13.6. The normalized spacial score (nSPS) is 23.8. The number of carbonyl (C=O) groups excluding carboxylic acids is 4. The van der Waals surface area contributed by atoms with Crippen molar-refractivity contribution >= 4 is 29.8 Å². The standard InChI is InChI=1S/C52H56N2O10/c1-51(2,3)63-46(56)26-24-40(32-55)54-49(58)36-15-12-13-34(27-36)31-53-48(57)37-29-44(61-50(59)41-20-11-10-14-35(41)23-21-33-22-25-42-43(28-33)60-42)47-45(30-37)62-52(64-47,38-16-6-4-7-17-38)39-18-8-5-9-19-39/h4-21,23,27,30,33,40,42-45,47,55H,22,24-26,28-29,31-32H2,1-3H3,(H,53,57)(H,54,58). The number of nitrogens with one attached hydrogen (secondary N) is 2. The zero-order chi connectivity index (χ0) is 44.8. The Morgan fingerprint density at radius 3 is 2.28 bits per heavy atom. The quantitative estimate of drug-likeness (QED) is 0.0815. The van der Waals surface area contributed by atoms with Gasteiger partial charge in [0, 0.05) is 41.6 Å². The maximum Gasteiger partial charge on any atom is 0.339 e. The Morgan fingerprint density at radius 2 is 1.58 bits per heavy atom. The first-order chi connectivity index (χ1) is 30.9. The molecule has 2 saturated heterocycles. The molecule has 0 radical (unpaired) electrons. The summed E-state index contributed by atoms with van der Waals surface area (Å²) in [7, 11) is 0. The fraction of sp³-hybridized carbons (Fsp3) is 0.385. The smallest absolute Gasteiger partial charge is 0.339 e. The van der Waals surface area contributed by atoms with Crippen LogP contribution in [0, 0.1) is 5.92 Å². The van der Waals surface area contributed by atoms with Gasteiger partial charge in [-0.25, -0.2) is 4.79 Å². The third kappa shape index (κ3) is 10.7. The fourth-order valence-corrected chi connectivity index (χ4v) is 8.75. The van der Waals surface area contributed by atoms with Crippen LogP contribution in [0.3, 0.4) is 0 Å². The molecule has 2 amide bonds. The molecule has 8 rings (SSSR count). The number of fused-ring (bicyclic) bond motifs is 2. The van der Waals surface area contributed by atoms with Crippen molar-refractivity contribution in [2.45, 2.75) is 114 Å². The SMILES string of the molecule is CC(C)(C)OC(=O)CCC(CO)NC(=O)c1cccc(CNC(=O)C2=CC3OC(c4ccccc4)(c4ccccc4)OC3C(OC(=O)c3ccccc3C=CC3CCC4OC4C3)C2)c1. The first-order valence-corrected chi connectivity index (χ1v) is 22.2. The summed E-state index contributed by atoms with van der Waals surface area (Å²) >= 11 is 0. The zero-order valence-corrected chi connectivity index (χ0v) is 36.4. The molecule has 334 valence electrons. The van der Waals surface area contributed by atoms with E-state index in [1.165, 1.54) is 0 Å². The number of aliphatic hydroxyl groups excluding tert-OH is 1. The number of rotatable bonds is 15. The highest BCUT2D eigenvalue weighted by Crippen LogP contribution is 2.47. The first-order valence-electron chi connectivity index (χ1n) is 22.2. The van der Waals surface area contributed by atoms with E-state index in [2.05, 4.69) is 16.7 Å². The van der Waals surface area contributed by atoms with Crippen LogP contribution in [-0.2, 0) is 45.6 Å². The number of benzene rings is 4. The molecule has 4 aromatic rings. The molecule has 2 heterocycles. The van der Waals surface area contributed by atoms with Crippen LogP contribution in [0.5, 0.6) is 0 Å². The average Bonchev–Trinajstić information content (AvgIpc) is 3.97. The molecule has 3 N–H and O–H groups in total. The summed E-state index contributed by atoms with van der Waals surface area (Å²) in [4.78, 5) is 53.9. The largest absolute Gasteiger partial charge is 0.460 e. The monoisotopic (exact) mass is 868 g/mol. The first kappa shape index (κ1) is 44.7. The molecule has 12 heteroatoms. The molecule has 2 aliphatic heterocycles. The summed E-state index contributed by atoms with van der Waals surface area (Å²) < 4.78 is 31.3. The van der Waals surface area contributed by atoms with Gasteiger partial charge >= 0.3 is 11.9 Å². The summed E-state index contributed by atoms with van der Waals surface area (Å²) in [6, 6.07) is 32.6. The highest BCUT2D eigenvalue weighted by atomic mass is 16.8. The second kappa shape index (κ2) is 19.4. The molecule has 0 spiro atoms. The fourth-order valence-electron chi connectivity index (χ4n) is 8.75. The van der Waals surface area contributed by atoms with E-state index in [0.29, 0.717) is 40.4 Å². The molecule has 7 unspecified atom stereocenters. The topological polar surface area (TPSA) is 162 Å². The highest BCUT2D eigenvalue weighted by Gasteiger charge is 2.55. The van der Waals surface area contributed by atoms with E-state index in [0.717, 1.165) is 36.0 Å². The number of aliphatic hydroxyl groups is 1. The van der Waals surface area contributed by atoms with Gasteiger partial charge in [-0.05, 0) is 87.8 Å². The van der Waals surface area contributed by atoms with E-state index in [1.54, 1.807) is 63.2 Å². The van der Waals surface area contributed by atoms with E-state index in [1.807, 2.05) is 78.9 Å². The molecule has 7 atom stereocenters. The molecule has 12 nitrogen and oxygen atoms in total. The van der Waals surface area contributed by atoms with Crippen LogP contribution in [0.1, 0.15) is 102 Å². The van der Waals surface area contributed by atoms with E-state index >= 15 is 0 Å². The number of carbonyl (C=O) groups is 4. The van der Waals surface area contributed by atoms with Crippen molar-refractivity contribution in [3.05, 3.63) is 160 Å². The number of esters is 2. The Balaban J connectivity index is 0.995. The van der Waals surface area contributed by atoms with Crippen LogP contribution in [0.25, 0.3) is 6.08 Å². The Morgan fingerprint density at radius 1 is 0.859 bits per heavy atom. The lowest BCUT2D eigenvalue weighted by Gasteiger charge is -2.31. The van der Waals surface area contributed by atoms with E-state index in [4.69, 9.17) is 23.7 Å². The van der Waals surface area contributed by atoms with Crippen LogP contribution in [-0.4, -0.2) is 77.6 Å². The number of allylic oxidation sites excluding steroid dienone is 1. The Hall–Kier alpha value is -5.92. The van der Waals surface area contributed by atoms with Crippen molar-refractivity contribution in [2.75, 3.05) is 6.61 Å². The lowest BCUT2D eigenvalue weighted by atomic mass is 9.88. The molecule has 64 heavy (non-hydrogen) atoms. The molecule has 2 aliphatic carbocycles. The van der Waals surface area contributed by atoms with Crippen LogP contribution in [0.2, 0.25) is 0 Å². The van der Waals surface area contributed by atoms with Gasteiger partial charge in [-0.1, -0.05) is 103 Å². The summed E-state index contributed by atoms with van der Waals surface area (Å²) in [5.74, 6) is -2.77. The predicted octanol–water partition coefficient (Wildman–Crippen LogP) is 7.34. The van der Waals surface area contributed by atoms with Gasteiger partial charge in [-0.3, -0.25) is 14.4 Å². The maximum atomic E-state index is 14.3. The van der Waals surface area contributed by atoms with Gasteiger partial charge in [0.1, 0.15) is 23.9 Å². The summed E-state index contributed by atoms with van der Waals surface area (Å²) in [6.45, 7) is 5.06. The Bertz CT molecular complexity index is 2330. The molecule has 4 aliphatic rings. The zero-order valence-electron chi connectivity index (χ0n) is 36.4. The minimum atomic E-state index is -1.36. The third-order valence-corrected chi connectivity index (χ3v) is 12.0. The third-order valence-electron chi connectivity index (χ3n) is 12.0. The van der Waals surface area contributed by atoms with Crippen molar-refractivity contribution in [3.8, 4) is 0 Å². The summed E-state index contributed by atoms with van der Waals surface area (Å²) in [5, 5.41) is 15.7. The van der Waals surface area contributed by atoms with Crippen molar-refractivity contribution in [1.29, 1.82) is 0 Å². The van der Waals surface area contributed by atoms with Gasteiger partial charge < -0.3 is 39.4 Å². The van der Waals surface area contributed by atoms with Crippen LogP contribution in [0.15, 0.2) is 127 Å². The number of epoxide rings is 1. The molecule has 3 fully saturated rings. The Labute approximate surface area is 374 Å². The van der Waals surface area contributed by atoms with Gasteiger partial charge in [0.05, 0.1) is 30.4 Å². The number of amides is 2. The van der Waals surface area contributed by atoms with Crippen molar-refractivity contribution in [1.82, 2.24) is 10.6 Å². The minimum absolute atomic E-state index is 0.0329. The number of hydrogen-bond acceptors (Lipinski definition) is 10. The van der Waals surface area contributed by atoms with Gasteiger partial charge in [0.25, 0.3) is 5.91 Å². The molecular formula is C52H56N2O10. The van der Waals surface area contributed by atoms with Crippen LogP contribution < -0.4 is 10.6 Å². The van der Waals surface area contributed by atoms with Crippen molar-refractivity contribution < 1.29 is 48.0 Å². The van der Waals surface area contributed by atoms with Gasteiger partial charge in [0.2, 0.25) is 11.7 Å². The molecule has 0 aromatic heterocycles. The lowest BCUT2D eigenvalue weighted by Crippen LogP contribution is -2.43. The number of ether oxygens (including phenoxy) is 5.